The zero-order valence-corrected chi connectivity index (χ0v) is 60.8. The van der Waals surface area contributed by atoms with E-state index >= 15 is 0 Å². The van der Waals surface area contributed by atoms with Crippen molar-refractivity contribution in [1.82, 2.24) is 30.4 Å². The largest absolute Gasteiger partial charge is 0.391 e. The summed E-state index contributed by atoms with van der Waals surface area (Å²) in [6, 6.07) is 14.0. The number of pyridine rings is 1. The number of carbonyl (C=O) groups excluding carboxylic acids is 6. The van der Waals surface area contributed by atoms with Crippen LogP contribution in [-0.2, 0) is 68.4 Å². The first kappa shape index (κ1) is 80.3. The summed E-state index contributed by atoms with van der Waals surface area (Å²) < 4.78 is 44.8. The van der Waals surface area contributed by atoms with Gasteiger partial charge in [-0.05, 0) is 105 Å². The second-order valence-electron chi connectivity index (χ2n) is 26.8. The second kappa shape index (κ2) is 42.4. The molecule has 3 amide bonds. The molecule has 2 aliphatic heterocycles. The monoisotopic (exact) mass is 1410 g/mol. The van der Waals surface area contributed by atoms with E-state index in [2.05, 4.69) is 30.7 Å². The van der Waals surface area contributed by atoms with Crippen LogP contribution in [0.4, 0.5) is 11.5 Å². The number of Topliss-reactive ketones (excluding diaryl/α,β-unsaturated/α-hetero) is 3. The van der Waals surface area contributed by atoms with Crippen molar-refractivity contribution in [2.75, 3.05) is 155 Å². The van der Waals surface area contributed by atoms with Crippen molar-refractivity contribution in [3.8, 4) is 21.6 Å². The predicted molar refractivity (Wildman–Crippen MR) is 386 cm³/mol. The topological polar surface area (TPSA) is 292 Å². The predicted octanol–water partition coefficient (Wildman–Crippen LogP) is 8.39. The van der Waals surface area contributed by atoms with Gasteiger partial charge in [-0.1, -0.05) is 56.7 Å². The fraction of sp³-hybridized carbons (Fsp3) is 0.587. The molecule has 4 heterocycles. The molecule has 5 N–H and O–H groups in total. The highest BCUT2D eigenvalue weighted by Crippen LogP contribution is 2.33. The average molecular weight is 1410 g/mol. The van der Waals surface area contributed by atoms with E-state index < -0.39 is 29.5 Å². The van der Waals surface area contributed by atoms with E-state index in [1.807, 2.05) is 122 Å². The highest BCUT2D eigenvalue weighted by Gasteiger charge is 2.44. The van der Waals surface area contributed by atoms with Crippen LogP contribution in [0.1, 0.15) is 127 Å². The van der Waals surface area contributed by atoms with Crippen LogP contribution in [0.3, 0.4) is 0 Å². The number of nitrogens with one attached hydrogen (secondary N) is 4. The van der Waals surface area contributed by atoms with Crippen LogP contribution in [0.5, 0.6) is 0 Å². The second-order valence-corrected chi connectivity index (χ2v) is 27.7. The Labute approximate surface area is 594 Å². The molecular weight excluding hydrogens is 1300 g/mol. The summed E-state index contributed by atoms with van der Waals surface area (Å²) in [5, 5.41) is 28.0. The number of anilines is 2. The molecule has 1 aliphatic carbocycles. The molecule has 548 valence electrons. The van der Waals surface area contributed by atoms with Crippen molar-refractivity contribution in [2.45, 2.75) is 138 Å². The minimum atomic E-state index is -0.935. The molecule has 24 nitrogen and oxygen atoms in total. The number of aliphatic hydroxyl groups excluding tert-OH is 1. The number of allylic oxidation sites excluding steroid dienone is 4. The zero-order chi connectivity index (χ0) is 71.8. The Morgan fingerprint density at radius 2 is 1.31 bits per heavy atom. The number of carbonyl (C=O) groups is 6. The molecule has 25 heteroatoms. The molecule has 7 rings (SSSR count). The number of β-amino-alcohol motifs (C(OH)–C–C–N with tert-alkyl or cyclic N) is 1. The Kier molecular flexibility index (Phi) is 34.1. The van der Waals surface area contributed by atoms with E-state index in [9.17, 15) is 33.9 Å². The first-order valence-corrected chi connectivity index (χ1v) is 36.1. The summed E-state index contributed by atoms with van der Waals surface area (Å²) in [6.45, 7) is 25.8. The normalized spacial score (nSPS) is 16.3. The molecule has 2 saturated heterocycles. The molecule has 0 unspecified atom stereocenters. The number of hydrogen-bond acceptors (Lipinski definition) is 22. The van der Waals surface area contributed by atoms with Gasteiger partial charge >= 0.3 is 0 Å². The van der Waals surface area contributed by atoms with Crippen LogP contribution in [0.25, 0.3) is 21.6 Å². The van der Waals surface area contributed by atoms with E-state index in [4.69, 9.17) is 48.3 Å². The van der Waals surface area contributed by atoms with Gasteiger partial charge < -0.3 is 74.2 Å². The summed E-state index contributed by atoms with van der Waals surface area (Å²) >= 11 is 1.57. The summed E-state index contributed by atoms with van der Waals surface area (Å²) in [4.78, 5) is 96.0. The van der Waals surface area contributed by atoms with Gasteiger partial charge in [0.2, 0.25) is 17.7 Å². The van der Waals surface area contributed by atoms with Crippen molar-refractivity contribution < 1.29 is 71.8 Å². The lowest BCUT2D eigenvalue weighted by atomic mass is 9.85. The Morgan fingerprint density at radius 3 is 1.85 bits per heavy atom. The van der Waals surface area contributed by atoms with Gasteiger partial charge in [-0.25, -0.2) is 9.97 Å². The molecule has 2 fully saturated rings. The zero-order valence-electron chi connectivity index (χ0n) is 60.0. The molecule has 3 atom stereocenters. The number of piperazine rings is 1. The van der Waals surface area contributed by atoms with Crippen LogP contribution >= 0.6 is 11.3 Å². The average Bonchev–Trinajstić information content (AvgIpc) is 1.30. The molecule has 2 aromatic heterocycles. The first-order valence-electron chi connectivity index (χ1n) is 35.2. The van der Waals surface area contributed by atoms with Crippen molar-refractivity contribution in [1.29, 1.82) is 5.41 Å². The van der Waals surface area contributed by atoms with Crippen molar-refractivity contribution in [3.05, 3.63) is 105 Å². The highest BCUT2D eigenvalue weighted by molar-refractivity contribution is 7.13. The Bertz CT molecular complexity index is 3330. The number of ether oxygens (including phenoxy) is 8. The Balaban J connectivity index is 0.617. The minimum absolute atomic E-state index is 0.0103. The van der Waals surface area contributed by atoms with Gasteiger partial charge in [0.1, 0.15) is 23.7 Å². The number of hydrogen-bond donors (Lipinski definition) is 5. The molecule has 0 saturated carbocycles. The third-order valence-corrected chi connectivity index (χ3v) is 18.4. The van der Waals surface area contributed by atoms with Crippen LogP contribution in [0, 0.1) is 17.7 Å². The van der Waals surface area contributed by atoms with Gasteiger partial charge in [0.15, 0.2) is 11.6 Å². The number of thiazole rings is 1. The summed E-state index contributed by atoms with van der Waals surface area (Å²) in [5.74, 6) is -0.110. The maximum absolute atomic E-state index is 14.0. The number of likely N-dealkylation sites (tertiary alicyclic amines) is 1. The number of aryl methyl sites for hydroxylation is 1. The van der Waals surface area contributed by atoms with Gasteiger partial charge in [0.25, 0.3) is 0 Å². The number of aliphatic hydroxyl groups is 1. The van der Waals surface area contributed by atoms with Crippen molar-refractivity contribution in [3.63, 3.8) is 0 Å². The van der Waals surface area contributed by atoms with Gasteiger partial charge in [-0.2, -0.15) is 0 Å². The third kappa shape index (κ3) is 26.7. The van der Waals surface area contributed by atoms with Crippen LogP contribution in [0.15, 0.2) is 83.0 Å². The quantitative estimate of drug-likeness (QED) is 0.0158. The van der Waals surface area contributed by atoms with Gasteiger partial charge in [-0.15, -0.1) is 11.3 Å². The lowest BCUT2D eigenvalue weighted by molar-refractivity contribution is -0.144. The Hall–Kier alpha value is -7.01. The van der Waals surface area contributed by atoms with Crippen molar-refractivity contribution >= 4 is 64.1 Å². The lowest BCUT2D eigenvalue weighted by Crippen LogP contribution is -2.57. The summed E-state index contributed by atoms with van der Waals surface area (Å²) in [7, 11) is 0. The number of rotatable bonds is 46. The molecule has 0 radical (unpaired) electrons. The molecular formula is C75H107N9O15S. The van der Waals surface area contributed by atoms with E-state index in [1.165, 1.54) is 11.1 Å². The molecule has 2 aromatic carbocycles. The van der Waals surface area contributed by atoms with Crippen LogP contribution in [-0.4, -0.2) is 235 Å². The fourth-order valence-electron chi connectivity index (χ4n) is 12.0. The number of aromatic nitrogens is 2. The highest BCUT2D eigenvalue weighted by atomic mass is 32.1. The van der Waals surface area contributed by atoms with E-state index in [0.29, 0.717) is 147 Å². The van der Waals surface area contributed by atoms with Crippen molar-refractivity contribution in [2.24, 2.45) is 5.41 Å². The summed E-state index contributed by atoms with van der Waals surface area (Å²) in [5.41, 5.74) is 10.0. The molecule has 3 aliphatic rings. The number of amides is 3. The summed E-state index contributed by atoms with van der Waals surface area (Å²) in [6.07, 6.45) is 6.90. The third-order valence-electron chi connectivity index (χ3n) is 17.4. The minimum Gasteiger partial charge on any atom is -0.391 e. The standard InChI is InChI=1S/C75H107N9O15S/c1-52(2)80-65-45-59(44-63(64(65)47-76)67(87)17-16-62-54(4)42-53(3)43-68(62)88)58-15-18-69(77-49-58)83-24-22-82(23-25-83)21-19-60(85)10-9-26-92-28-30-94-32-34-96-36-38-98-40-41-99-39-37-97-35-33-95-31-29-93-27-20-70(89)81-72(75(6,7)8)74(91)84-50-61(86)46-66(84)73(90)78-48-56-11-13-57(14-12-56)71-55(5)79-51-100-71/h11-15,18,42,44-45,47,49,51-52,61,66,72,76,80,86H,9-10,16-17,19-41,43,46,48,50H2,1-8H3,(H,78,90)(H,81,89)/t61-,66+,72-/m1/s1. The fourth-order valence-corrected chi connectivity index (χ4v) is 12.8. The number of ketones is 3. The van der Waals surface area contributed by atoms with Gasteiger partial charge in [0.05, 0.1) is 121 Å². The van der Waals surface area contributed by atoms with E-state index in [-0.39, 0.29) is 80.8 Å². The van der Waals surface area contributed by atoms with E-state index in [0.717, 1.165) is 82.5 Å². The molecule has 4 aromatic rings. The van der Waals surface area contributed by atoms with Crippen LogP contribution < -0.4 is 20.9 Å². The molecule has 100 heavy (non-hydrogen) atoms. The van der Waals surface area contributed by atoms with Gasteiger partial charge in [-0.3, -0.25) is 33.7 Å². The lowest BCUT2D eigenvalue weighted by Gasteiger charge is -2.35. The SMILES string of the molecule is CC1=CC(C)=C(CCC(=O)c2cc(-c3ccc(N4CCN(CCC(=O)CCCOCCOCCOCCOCCOCCOCCOCCOCCC(=O)N[C@H](C(=O)N5C[C@H](O)C[C@H]5C(=O)NCc5ccc(-c6scnc6C)cc5)C(C)(C)C)CC4)nc3)cc(NC(C)C)c2C=N)C(=O)C1. The maximum Gasteiger partial charge on any atom is 0.246 e. The first-order chi connectivity index (χ1) is 48.2. The molecule has 0 bridgehead atoms. The maximum atomic E-state index is 14.0. The van der Waals surface area contributed by atoms with E-state index in [1.54, 1.807) is 11.3 Å². The van der Waals surface area contributed by atoms with Crippen LogP contribution in [0.2, 0.25) is 0 Å². The van der Waals surface area contributed by atoms with Gasteiger partial charge in [0, 0.05) is 132 Å². The Morgan fingerprint density at radius 1 is 0.720 bits per heavy atom. The smallest absolute Gasteiger partial charge is 0.246 e. The number of nitrogens with zero attached hydrogens (tertiary/aromatic N) is 5. The number of benzene rings is 2. The molecule has 0 spiro atoms.